The molecule has 1 N–H and O–H groups in total. The van der Waals surface area contributed by atoms with Gasteiger partial charge in [-0.3, -0.25) is 4.98 Å². The first-order valence-corrected chi connectivity index (χ1v) is 6.98. The number of anilines is 1. The molecular weight excluding hydrogens is 252 g/mol. The van der Waals surface area contributed by atoms with Crippen LogP contribution in [0.25, 0.3) is 11.5 Å². The van der Waals surface area contributed by atoms with Crippen LogP contribution in [0.3, 0.4) is 0 Å². The molecule has 0 aliphatic carbocycles. The summed E-state index contributed by atoms with van der Waals surface area (Å²) in [5, 5.41) is 9.68. The molecule has 2 aromatic heterocycles. The molecular formula is C15H18N4O. The molecule has 0 saturated carbocycles. The summed E-state index contributed by atoms with van der Waals surface area (Å²) in [7, 11) is 0. The van der Waals surface area contributed by atoms with Crippen molar-refractivity contribution < 1.29 is 5.11 Å². The van der Waals surface area contributed by atoms with Gasteiger partial charge in [0.05, 0.1) is 6.10 Å². The molecule has 5 nitrogen and oxygen atoms in total. The Balaban J connectivity index is 1.99. The van der Waals surface area contributed by atoms with Crippen LogP contribution < -0.4 is 4.90 Å². The summed E-state index contributed by atoms with van der Waals surface area (Å²) >= 11 is 0. The Hall–Kier alpha value is -2.01. The highest BCUT2D eigenvalue weighted by molar-refractivity contribution is 5.54. The third kappa shape index (κ3) is 2.63. The highest BCUT2D eigenvalue weighted by atomic mass is 16.3. The minimum atomic E-state index is -0.256. The zero-order chi connectivity index (χ0) is 13.9. The van der Waals surface area contributed by atoms with Crippen molar-refractivity contribution in [3.63, 3.8) is 0 Å². The Labute approximate surface area is 118 Å². The summed E-state index contributed by atoms with van der Waals surface area (Å²) in [6.45, 7) is 3.55. The maximum absolute atomic E-state index is 9.68. The second-order valence-electron chi connectivity index (χ2n) is 5.00. The van der Waals surface area contributed by atoms with Gasteiger partial charge < -0.3 is 10.0 Å². The molecule has 0 spiro atoms. The average Bonchev–Trinajstić information content (AvgIpc) is 2.94. The molecule has 1 atom stereocenters. The van der Waals surface area contributed by atoms with Crippen molar-refractivity contribution in [2.24, 2.45) is 0 Å². The van der Waals surface area contributed by atoms with Gasteiger partial charge in [-0.25, -0.2) is 9.97 Å². The fraction of sp³-hybridized carbons (Fsp3) is 0.400. The van der Waals surface area contributed by atoms with Gasteiger partial charge in [0, 0.05) is 31.0 Å². The molecule has 3 heterocycles. The predicted molar refractivity (Wildman–Crippen MR) is 77.5 cm³/mol. The second-order valence-corrected chi connectivity index (χ2v) is 5.00. The SMILES string of the molecule is CCc1cc(N2CC[C@H](O)C2)nc(-c2ccccn2)n1. The van der Waals surface area contributed by atoms with Crippen molar-refractivity contribution in [1.82, 2.24) is 15.0 Å². The van der Waals surface area contributed by atoms with Crippen LogP contribution in [0.5, 0.6) is 0 Å². The van der Waals surface area contributed by atoms with Gasteiger partial charge in [0.2, 0.25) is 0 Å². The molecule has 0 radical (unpaired) electrons. The number of aliphatic hydroxyl groups excluding tert-OH is 1. The largest absolute Gasteiger partial charge is 0.391 e. The van der Waals surface area contributed by atoms with Gasteiger partial charge in [0.1, 0.15) is 11.5 Å². The molecule has 1 aliphatic rings. The van der Waals surface area contributed by atoms with Crippen molar-refractivity contribution in [3.05, 3.63) is 36.2 Å². The molecule has 20 heavy (non-hydrogen) atoms. The fourth-order valence-electron chi connectivity index (χ4n) is 2.39. The van der Waals surface area contributed by atoms with Crippen LogP contribution in [-0.2, 0) is 6.42 Å². The molecule has 104 valence electrons. The van der Waals surface area contributed by atoms with E-state index in [9.17, 15) is 5.11 Å². The number of rotatable bonds is 3. The van der Waals surface area contributed by atoms with Crippen LogP contribution in [0.2, 0.25) is 0 Å². The van der Waals surface area contributed by atoms with Crippen molar-refractivity contribution in [3.8, 4) is 11.5 Å². The van der Waals surface area contributed by atoms with E-state index in [1.807, 2.05) is 24.3 Å². The maximum atomic E-state index is 9.68. The lowest BCUT2D eigenvalue weighted by molar-refractivity contribution is 0.198. The summed E-state index contributed by atoms with van der Waals surface area (Å²) in [6, 6.07) is 7.73. The zero-order valence-electron chi connectivity index (χ0n) is 11.5. The lowest BCUT2D eigenvalue weighted by atomic mass is 10.2. The first-order valence-electron chi connectivity index (χ1n) is 6.98. The van der Waals surface area contributed by atoms with Crippen LogP contribution >= 0.6 is 0 Å². The number of aliphatic hydroxyl groups is 1. The standard InChI is InChI=1S/C15H18N4O/c1-2-11-9-14(19-8-6-12(20)10-19)18-15(17-11)13-5-3-4-7-16-13/h3-5,7,9,12,20H,2,6,8,10H2,1H3/t12-/m0/s1. The molecule has 1 aliphatic heterocycles. The van der Waals surface area contributed by atoms with Gasteiger partial charge in [0.15, 0.2) is 5.82 Å². The van der Waals surface area contributed by atoms with Crippen LogP contribution in [0.1, 0.15) is 19.0 Å². The number of aryl methyl sites for hydroxylation is 1. The first-order chi connectivity index (χ1) is 9.76. The quantitative estimate of drug-likeness (QED) is 0.919. The van der Waals surface area contributed by atoms with Crippen molar-refractivity contribution in [1.29, 1.82) is 0 Å². The Kier molecular flexibility index (Phi) is 3.60. The molecule has 1 saturated heterocycles. The monoisotopic (exact) mass is 270 g/mol. The van der Waals surface area contributed by atoms with Gasteiger partial charge in [0.25, 0.3) is 0 Å². The van der Waals surface area contributed by atoms with E-state index < -0.39 is 0 Å². The number of β-amino-alcohol motifs (C(OH)–C–C–N with tert-alkyl or cyclic N) is 1. The highest BCUT2D eigenvalue weighted by Crippen LogP contribution is 2.22. The zero-order valence-corrected chi connectivity index (χ0v) is 11.5. The number of pyridine rings is 1. The van der Waals surface area contributed by atoms with Crippen LogP contribution in [0.15, 0.2) is 30.5 Å². The van der Waals surface area contributed by atoms with Gasteiger partial charge in [-0.15, -0.1) is 0 Å². The third-order valence-electron chi connectivity index (χ3n) is 3.51. The molecule has 0 aromatic carbocycles. The van der Waals surface area contributed by atoms with E-state index in [0.717, 1.165) is 36.6 Å². The first kappa shape index (κ1) is 13.0. The topological polar surface area (TPSA) is 62.1 Å². The molecule has 1 fully saturated rings. The van der Waals surface area contributed by atoms with Crippen molar-refractivity contribution in [2.45, 2.75) is 25.9 Å². The van der Waals surface area contributed by atoms with Crippen LogP contribution in [0, 0.1) is 0 Å². The summed E-state index contributed by atoms with van der Waals surface area (Å²) in [5.41, 5.74) is 1.78. The highest BCUT2D eigenvalue weighted by Gasteiger charge is 2.22. The molecule has 5 heteroatoms. The van der Waals surface area contributed by atoms with E-state index in [-0.39, 0.29) is 6.10 Å². The van der Waals surface area contributed by atoms with E-state index in [2.05, 4.69) is 26.8 Å². The number of aromatic nitrogens is 3. The molecule has 0 unspecified atom stereocenters. The lowest BCUT2D eigenvalue weighted by Gasteiger charge is -2.18. The second kappa shape index (κ2) is 5.54. The fourth-order valence-corrected chi connectivity index (χ4v) is 2.39. The minimum Gasteiger partial charge on any atom is -0.391 e. The van der Waals surface area contributed by atoms with E-state index in [4.69, 9.17) is 0 Å². The average molecular weight is 270 g/mol. The van der Waals surface area contributed by atoms with E-state index in [1.165, 1.54) is 0 Å². The van der Waals surface area contributed by atoms with Gasteiger partial charge in [-0.05, 0) is 25.0 Å². The number of hydrogen-bond acceptors (Lipinski definition) is 5. The van der Waals surface area contributed by atoms with Crippen molar-refractivity contribution in [2.75, 3.05) is 18.0 Å². The van der Waals surface area contributed by atoms with Gasteiger partial charge in [-0.1, -0.05) is 13.0 Å². The molecule has 0 bridgehead atoms. The molecule has 0 amide bonds. The van der Waals surface area contributed by atoms with E-state index in [1.54, 1.807) is 6.20 Å². The molecule has 2 aromatic rings. The Morgan fingerprint density at radius 2 is 2.25 bits per heavy atom. The summed E-state index contributed by atoms with van der Waals surface area (Å²) in [5.74, 6) is 1.54. The minimum absolute atomic E-state index is 0.256. The molecule has 3 rings (SSSR count). The van der Waals surface area contributed by atoms with Crippen LogP contribution in [0.4, 0.5) is 5.82 Å². The normalized spacial score (nSPS) is 18.5. The van der Waals surface area contributed by atoms with Crippen molar-refractivity contribution >= 4 is 5.82 Å². The van der Waals surface area contributed by atoms with Crippen LogP contribution in [-0.4, -0.2) is 39.3 Å². The smallest absolute Gasteiger partial charge is 0.180 e. The third-order valence-corrected chi connectivity index (χ3v) is 3.51. The summed E-state index contributed by atoms with van der Waals surface area (Å²) in [4.78, 5) is 15.6. The predicted octanol–water partition coefficient (Wildman–Crippen LogP) is 1.67. The lowest BCUT2D eigenvalue weighted by Crippen LogP contribution is -2.22. The maximum Gasteiger partial charge on any atom is 0.180 e. The summed E-state index contributed by atoms with van der Waals surface area (Å²) in [6.07, 6.45) is 3.14. The Morgan fingerprint density at radius 1 is 1.35 bits per heavy atom. The van der Waals surface area contributed by atoms with Gasteiger partial charge in [-0.2, -0.15) is 0 Å². The number of nitrogens with zero attached hydrogens (tertiary/aromatic N) is 4. The van der Waals surface area contributed by atoms with E-state index in [0.29, 0.717) is 12.4 Å². The summed E-state index contributed by atoms with van der Waals surface area (Å²) < 4.78 is 0. The van der Waals surface area contributed by atoms with Gasteiger partial charge >= 0.3 is 0 Å². The Bertz CT molecular complexity index is 588. The Morgan fingerprint density at radius 3 is 2.90 bits per heavy atom. The number of hydrogen-bond donors (Lipinski definition) is 1. The van der Waals surface area contributed by atoms with E-state index >= 15 is 0 Å².